The molecule has 0 aliphatic carbocycles. The number of pyridine rings is 1. The van der Waals surface area contributed by atoms with Gasteiger partial charge in [-0.1, -0.05) is 23.2 Å². The van der Waals surface area contributed by atoms with E-state index in [2.05, 4.69) is 15.2 Å². The molecule has 2 aromatic rings. The molecule has 26 heavy (non-hydrogen) atoms. The van der Waals surface area contributed by atoms with E-state index < -0.39 is 5.60 Å². The van der Waals surface area contributed by atoms with Crippen molar-refractivity contribution >= 4 is 45.9 Å². The van der Waals surface area contributed by atoms with Gasteiger partial charge in [-0.2, -0.15) is 0 Å². The molecule has 1 aromatic carbocycles. The number of halogens is 2. The zero-order valence-electron chi connectivity index (χ0n) is 15.4. The molecule has 0 bridgehead atoms. The lowest BCUT2D eigenvalue weighted by atomic mass is 10.1. The van der Waals surface area contributed by atoms with Crippen molar-refractivity contribution in [1.29, 1.82) is 0 Å². The molecule has 3 rings (SSSR count). The molecule has 2 heterocycles. The van der Waals surface area contributed by atoms with Crippen molar-refractivity contribution in [3.05, 3.63) is 33.9 Å². The Balaban J connectivity index is 1.76. The molecule has 1 unspecified atom stereocenters. The molecule has 140 valence electrons. The van der Waals surface area contributed by atoms with Gasteiger partial charge in [0, 0.05) is 24.2 Å². The fourth-order valence-electron chi connectivity index (χ4n) is 3.21. The summed E-state index contributed by atoms with van der Waals surface area (Å²) < 4.78 is 5.34. The van der Waals surface area contributed by atoms with E-state index in [1.165, 1.54) is 0 Å². The monoisotopic (exact) mass is 395 g/mol. The number of ether oxygens (including phenoxy) is 1. The molecule has 7 heteroatoms. The highest BCUT2D eigenvalue weighted by Crippen LogP contribution is 2.33. The summed E-state index contributed by atoms with van der Waals surface area (Å²) in [5, 5.41) is 4.80. The Bertz CT molecular complexity index is 849. The van der Waals surface area contributed by atoms with Gasteiger partial charge in [-0.05, 0) is 57.9 Å². The van der Waals surface area contributed by atoms with Crippen molar-refractivity contribution in [2.75, 3.05) is 18.0 Å². The van der Waals surface area contributed by atoms with Gasteiger partial charge in [-0.3, -0.25) is 0 Å². The Morgan fingerprint density at radius 1 is 1.31 bits per heavy atom. The molecular formula is C19H23Cl2N3O2. The van der Waals surface area contributed by atoms with Crippen LogP contribution < -0.4 is 10.2 Å². The number of aromatic nitrogens is 1. The second kappa shape index (κ2) is 7.12. The van der Waals surface area contributed by atoms with Crippen LogP contribution in [0.15, 0.2) is 18.2 Å². The number of aryl methyl sites for hydroxylation is 1. The van der Waals surface area contributed by atoms with E-state index in [4.69, 9.17) is 27.9 Å². The van der Waals surface area contributed by atoms with Crippen molar-refractivity contribution in [2.24, 2.45) is 0 Å². The van der Waals surface area contributed by atoms with E-state index in [1.807, 2.05) is 39.8 Å². The Labute approximate surface area is 163 Å². The summed E-state index contributed by atoms with van der Waals surface area (Å²) in [6.45, 7) is 9.19. The molecule has 1 N–H and O–H groups in total. The van der Waals surface area contributed by atoms with Crippen LogP contribution in [0.3, 0.4) is 0 Å². The van der Waals surface area contributed by atoms with Crippen LogP contribution in [0.1, 0.15) is 32.8 Å². The van der Waals surface area contributed by atoms with Crippen LogP contribution in [0.5, 0.6) is 0 Å². The van der Waals surface area contributed by atoms with Crippen LogP contribution >= 0.6 is 23.2 Å². The summed E-state index contributed by atoms with van der Waals surface area (Å²) in [7, 11) is 0. The predicted molar refractivity (Wildman–Crippen MR) is 106 cm³/mol. The summed E-state index contributed by atoms with van der Waals surface area (Å²) in [6, 6.07) is 5.75. The van der Waals surface area contributed by atoms with Gasteiger partial charge < -0.3 is 15.0 Å². The topological polar surface area (TPSA) is 54.5 Å². The molecule has 1 saturated heterocycles. The molecule has 1 atom stereocenters. The number of rotatable bonds is 2. The molecular weight excluding hydrogens is 373 g/mol. The molecule has 0 radical (unpaired) electrons. The summed E-state index contributed by atoms with van der Waals surface area (Å²) >= 11 is 12.3. The lowest BCUT2D eigenvalue weighted by molar-refractivity contribution is 0.0509. The number of hydrogen-bond acceptors (Lipinski definition) is 4. The Hall–Kier alpha value is -1.72. The smallest absolute Gasteiger partial charge is 0.407 e. The van der Waals surface area contributed by atoms with Gasteiger partial charge in [0.25, 0.3) is 0 Å². The number of alkyl carbamates (subject to hydrolysis) is 1. The number of amides is 1. The van der Waals surface area contributed by atoms with Gasteiger partial charge in [-0.15, -0.1) is 0 Å². The van der Waals surface area contributed by atoms with Crippen LogP contribution in [-0.2, 0) is 4.74 Å². The first-order valence-electron chi connectivity index (χ1n) is 8.63. The number of fused-ring (bicyclic) bond motifs is 1. The average molecular weight is 396 g/mol. The summed E-state index contributed by atoms with van der Waals surface area (Å²) in [6.07, 6.45) is 0.491. The van der Waals surface area contributed by atoms with Crippen molar-refractivity contribution in [3.8, 4) is 0 Å². The SMILES string of the molecule is Cc1cc2nc(Cl)cc(Cl)c2cc1N1CCC(NC(=O)OC(C)(C)C)C1. The fraction of sp³-hybridized carbons (Fsp3) is 0.474. The normalized spacial score (nSPS) is 17.6. The van der Waals surface area contributed by atoms with E-state index in [0.717, 1.165) is 41.7 Å². The van der Waals surface area contributed by atoms with Gasteiger partial charge >= 0.3 is 6.09 Å². The largest absolute Gasteiger partial charge is 0.444 e. The van der Waals surface area contributed by atoms with Gasteiger partial charge in [0.05, 0.1) is 16.6 Å². The maximum atomic E-state index is 12.0. The van der Waals surface area contributed by atoms with Crippen LogP contribution in [0.2, 0.25) is 10.2 Å². The highest BCUT2D eigenvalue weighted by Gasteiger charge is 2.27. The maximum Gasteiger partial charge on any atom is 0.407 e. The van der Waals surface area contributed by atoms with Crippen molar-refractivity contribution in [2.45, 2.75) is 45.8 Å². The summed E-state index contributed by atoms with van der Waals surface area (Å²) in [4.78, 5) is 18.6. The Kier molecular flexibility index (Phi) is 5.22. The fourth-order valence-corrected chi connectivity index (χ4v) is 3.72. The minimum atomic E-state index is -0.498. The zero-order chi connectivity index (χ0) is 19.1. The van der Waals surface area contributed by atoms with Crippen LogP contribution in [0.4, 0.5) is 10.5 Å². The zero-order valence-corrected chi connectivity index (χ0v) is 16.9. The Morgan fingerprint density at radius 3 is 2.73 bits per heavy atom. The quantitative estimate of drug-likeness (QED) is 0.730. The second-order valence-electron chi connectivity index (χ2n) is 7.66. The molecule has 0 spiro atoms. The van der Waals surface area contributed by atoms with E-state index in [1.54, 1.807) is 6.07 Å². The van der Waals surface area contributed by atoms with Gasteiger partial charge in [-0.25, -0.2) is 9.78 Å². The predicted octanol–water partition coefficient (Wildman–Crippen LogP) is 4.95. The van der Waals surface area contributed by atoms with Crippen molar-refractivity contribution in [1.82, 2.24) is 10.3 Å². The third-order valence-corrected chi connectivity index (χ3v) is 4.80. The highest BCUT2D eigenvalue weighted by atomic mass is 35.5. The third kappa shape index (κ3) is 4.33. The van der Waals surface area contributed by atoms with E-state index >= 15 is 0 Å². The third-order valence-electron chi connectivity index (χ3n) is 4.29. The maximum absolute atomic E-state index is 12.0. The highest BCUT2D eigenvalue weighted by molar-refractivity contribution is 6.37. The van der Waals surface area contributed by atoms with Gasteiger partial charge in [0.15, 0.2) is 0 Å². The first-order valence-corrected chi connectivity index (χ1v) is 9.39. The lowest BCUT2D eigenvalue weighted by Crippen LogP contribution is -2.40. The van der Waals surface area contributed by atoms with E-state index in [0.29, 0.717) is 10.2 Å². The van der Waals surface area contributed by atoms with Crippen LogP contribution in [0, 0.1) is 6.92 Å². The average Bonchev–Trinajstić information content (AvgIpc) is 2.92. The van der Waals surface area contributed by atoms with E-state index in [-0.39, 0.29) is 12.1 Å². The van der Waals surface area contributed by atoms with Gasteiger partial charge in [0.1, 0.15) is 10.8 Å². The minimum Gasteiger partial charge on any atom is -0.444 e. The van der Waals surface area contributed by atoms with Gasteiger partial charge in [0.2, 0.25) is 0 Å². The lowest BCUT2D eigenvalue weighted by Gasteiger charge is -2.23. The molecule has 0 saturated carbocycles. The number of nitrogens with one attached hydrogen (secondary N) is 1. The van der Waals surface area contributed by atoms with E-state index in [9.17, 15) is 4.79 Å². The standard InChI is InChI=1S/C19H23Cl2N3O2/c1-11-7-15-13(14(20)9-17(21)23-15)8-16(11)24-6-5-12(10-24)22-18(25)26-19(2,3)4/h7-9,12H,5-6,10H2,1-4H3,(H,22,25). The van der Waals surface area contributed by atoms with Crippen LogP contribution in [-0.4, -0.2) is 35.8 Å². The molecule has 1 aliphatic rings. The number of benzene rings is 1. The number of carbonyl (C=O) groups is 1. The number of hydrogen-bond donors (Lipinski definition) is 1. The summed E-state index contributed by atoms with van der Waals surface area (Å²) in [5.74, 6) is 0. The second-order valence-corrected chi connectivity index (χ2v) is 8.45. The molecule has 1 aromatic heterocycles. The first kappa shape index (κ1) is 19.1. The molecule has 1 fully saturated rings. The number of nitrogens with zero attached hydrogens (tertiary/aromatic N) is 2. The number of anilines is 1. The number of carbonyl (C=O) groups excluding carboxylic acids is 1. The van der Waals surface area contributed by atoms with Crippen molar-refractivity contribution in [3.63, 3.8) is 0 Å². The molecule has 1 aliphatic heterocycles. The molecule has 5 nitrogen and oxygen atoms in total. The van der Waals surface area contributed by atoms with Crippen molar-refractivity contribution < 1.29 is 9.53 Å². The first-order chi connectivity index (χ1) is 12.1. The molecule has 1 amide bonds. The minimum absolute atomic E-state index is 0.0544. The van der Waals surface area contributed by atoms with Crippen LogP contribution in [0.25, 0.3) is 10.9 Å². The summed E-state index contributed by atoms with van der Waals surface area (Å²) in [5.41, 5.74) is 2.48. The Morgan fingerprint density at radius 2 is 2.04 bits per heavy atom.